The van der Waals surface area contributed by atoms with Crippen LogP contribution >= 0.6 is 0 Å². The quantitative estimate of drug-likeness (QED) is 0.870. The molecule has 2 rings (SSSR count). The summed E-state index contributed by atoms with van der Waals surface area (Å²) in [6.45, 7) is 3.81. The molecule has 1 aliphatic heterocycles. The van der Waals surface area contributed by atoms with Crippen molar-refractivity contribution in [2.75, 3.05) is 18.0 Å². The van der Waals surface area contributed by atoms with Gasteiger partial charge in [-0.3, -0.25) is 0 Å². The van der Waals surface area contributed by atoms with Crippen LogP contribution in [0.5, 0.6) is 0 Å². The Morgan fingerprint density at radius 1 is 1.53 bits per heavy atom. The van der Waals surface area contributed by atoms with E-state index >= 15 is 0 Å². The molecule has 0 spiro atoms. The van der Waals surface area contributed by atoms with E-state index in [4.69, 9.17) is 0 Å². The van der Waals surface area contributed by atoms with Crippen LogP contribution in [0.2, 0.25) is 0 Å². The Morgan fingerprint density at radius 2 is 2.35 bits per heavy atom. The van der Waals surface area contributed by atoms with Crippen molar-refractivity contribution in [2.24, 2.45) is 5.92 Å². The molecule has 0 bridgehead atoms. The predicted octanol–water partition coefficient (Wildman–Crippen LogP) is 2.81. The van der Waals surface area contributed by atoms with E-state index in [1.165, 1.54) is 6.07 Å². The summed E-state index contributed by atoms with van der Waals surface area (Å²) in [4.78, 5) is 2.23. The van der Waals surface area contributed by atoms with Crippen LogP contribution in [0.3, 0.4) is 0 Å². The Kier molecular flexibility index (Phi) is 4.00. The first-order valence-corrected chi connectivity index (χ1v) is 6.33. The van der Waals surface area contributed by atoms with Gasteiger partial charge in [-0.05, 0) is 50.3 Å². The third-order valence-corrected chi connectivity index (χ3v) is 3.45. The van der Waals surface area contributed by atoms with E-state index < -0.39 is 0 Å². The van der Waals surface area contributed by atoms with Gasteiger partial charge in [0.1, 0.15) is 5.82 Å². The highest BCUT2D eigenvalue weighted by Gasteiger charge is 2.22. The van der Waals surface area contributed by atoms with Gasteiger partial charge in [0.05, 0.1) is 6.10 Å². The molecular formula is C14H20FNO. The molecule has 0 saturated carbocycles. The maximum absolute atomic E-state index is 13.1. The molecule has 17 heavy (non-hydrogen) atoms. The Hall–Kier alpha value is -1.09. The standard InChI is InChI=1S/C14H20FNO/c1-11(17)5-6-12-7-8-16(10-12)14-4-2-3-13(15)9-14/h2-4,9,11-12,17H,5-8,10H2,1H3. The number of hydrogen-bond acceptors (Lipinski definition) is 2. The van der Waals surface area contributed by atoms with Gasteiger partial charge in [-0.15, -0.1) is 0 Å². The van der Waals surface area contributed by atoms with E-state index in [1.807, 2.05) is 13.0 Å². The number of halogens is 1. The third kappa shape index (κ3) is 3.43. The topological polar surface area (TPSA) is 23.5 Å². The van der Waals surface area contributed by atoms with Crippen molar-refractivity contribution >= 4 is 5.69 Å². The normalized spacial score (nSPS) is 21.8. The Labute approximate surface area is 102 Å². The van der Waals surface area contributed by atoms with Gasteiger partial charge in [0.25, 0.3) is 0 Å². The molecular weight excluding hydrogens is 217 g/mol. The van der Waals surface area contributed by atoms with Gasteiger partial charge in [0.15, 0.2) is 0 Å². The Bertz CT molecular complexity index is 367. The largest absolute Gasteiger partial charge is 0.393 e. The van der Waals surface area contributed by atoms with Crippen LogP contribution in [0.4, 0.5) is 10.1 Å². The first-order chi connectivity index (χ1) is 8.15. The third-order valence-electron chi connectivity index (χ3n) is 3.45. The predicted molar refractivity (Wildman–Crippen MR) is 67.6 cm³/mol. The lowest BCUT2D eigenvalue weighted by molar-refractivity contribution is 0.175. The maximum atomic E-state index is 13.1. The molecule has 0 amide bonds. The van der Waals surface area contributed by atoms with Crippen LogP contribution in [0.15, 0.2) is 24.3 Å². The molecule has 0 radical (unpaired) electrons. The van der Waals surface area contributed by atoms with Gasteiger partial charge in [-0.2, -0.15) is 0 Å². The van der Waals surface area contributed by atoms with Crippen molar-refractivity contribution in [3.05, 3.63) is 30.1 Å². The highest BCUT2D eigenvalue weighted by molar-refractivity contribution is 5.47. The van der Waals surface area contributed by atoms with Gasteiger partial charge < -0.3 is 10.0 Å². The molecule has 1 fully saturated rings. The van der Waals surface area contributed by atoms with Crippen molar-refractivity contribution in [1.82, 2.24) is 0 Å². The lowest BCUT2D eigenvalue weighted by Crippen LogP contribution is -2.20. The summed E-state index contributed by atoms with van der Waals surface area (Å²) >= 11 is 0. The lowest BCUT2D eigenvalue weighted by Gasteiger charge is -2.19. The highest BCUT2D eigenvalue weighted by Crippen LogP contribution is 2.27. The Balaban J connectivity index is 1.89. The van der Waals surface area contributed by atoms with Crippen molar-refractivity contribution in [2.45, 2.75) is 32.3 Å². The first kappa shape index (κ1) is 12.4. The molecule has 1 heterocycles. The van der Waals surface area contributed by atoms with Gasteiger partial charge in [-0.1, -0.05) is 6.07 Å². The second kappa shape index (κ2) is 5.50. The molecule has 3 heteroatoms. The molecule has 0 aliphatic carbocycles. The van der Waals surface area contributed by atoms with E-state index in [0.717, 1.165) is 38.0 Å². The SMILES string of the molecule is CC(O)CCC1CCN(c2cccc(F)c2)C1. The van der Waals surface area contributed by atoms with Crippen molar-refractivity contribution in [3.8, 4) is 0 Å². The summed E-state index contributed by atoms with van der Waals surface area (Å²) in [5.74, 6) is 0.461. The first-order valence-electron chi connectivity index (χ1n) is 6.33. The summed E-state index contributed by atoms with van der Waals surface area (Å²) in [6.07, 6.45) is 2.85. The van der Waals surface area contributed by atoms with E-state index in [1.54, 1.807) is 12.1 Å². The maximum Gasteiger partial charge on any atom is 0.125 e. The average Bonchev–Trinajstić information content (AvgIpc) is 2.75. The molecule has 2 nitrogen and oxygen atoms in total. The second-order valence-corrected chi connectivity index (χ2v) is 5.01. The number of aliphatic hydroxyl groups is 1. The van der Waals surface area contributed by atoms with Gasteiger partial charge in [0.2, 0.25) is 0 Å². The Morgan fingerprint density at radius 3 is 3.06 bits per heavy atom. The van der Waals surface area contributed by atoms with Crippen LogP contribution in [0.1, 0.15) is 26.2 Å². The number of rotatable bonds is 4. The monoisotopic (exact) mass is 237 g/mol. The summed E-state index contributed by atoms with van der Waals surface area (Å²) in [7, 11) is 0. The minimum Gasteiger partial charge on any atom is -0.393 e. The molecule has 1 saturated heterocycles. The molecule has 1 aliphatic rings. The van der Waals surface area contributed by atoms with E-state index in [0.29, 0.717) is 5.92 Å². The molecule has 1 aromatic carbocycles. The van der Waals surface area contributed by atoms with Crippen LogP contribution in [-0.4, -0.2) is 24.3 Å². The second-order valence-electron chi connectivity index (χ2n) is 5.01. The van der Waals surface area contributed by atoms with E-state index in [2.05, 4.69) is 4.90 Å². The lowest BCUT2D eigenvalue weighted by atomic mass is 10.0. The fraction of sp³-hybridized carbons (Fsp3) is 0.571. The highest BCUT2D eigenvalue weighted by atomic mass is 19.1. The van der Waals surface area contributed by atoms with Crippen molar-refractivity contribution in [3.63, 3.8) is 0 Å². The zero-order chi connectivity index (χ0) is 12.3. The summed E-state index contributed by atoms with van der Waals surface area (Å²) < 4.78 is 13.1. The van der Waals surface area contributed by atoms with Crippen LogP contribution in [0, 0.1) is 11.7 Å². The fourth-order valence-corrected chi connectivity index (χ4v) is 2.45. The molecule has 94 valence electrons. The number of benzene rings is 1. The van der Waals surface area contributed by atoms with Gasteiger partial charge in [0, 0.05) is 18.8 Å². The summed E-state index contributed by atoms with van der Waals surface area (Å²) in [6, 6.07) is 6.79. The molecule has 1 N–H and O–H groups in total. The summed E-state index contributed by atoms with van der Waals surface area (Å²) in [5, 5.41) is 9.27. The van der Waals surface area contributed by atoms with E-state index in [-0.39, 0.29) is 11.9 Å². The number of nitrogens with zero attached hydrogens (tertiary/aromatic N) is 1. The van der Waals surface area contributed by atoms with Crippen LogP contribution < -0.4 is 4.90 Å². The van der Waals surface area contributed by atoms with Gasteiger partial charge in [-0.25, -0.2) is 4.39 Å². The smallest absolute Gasteiger partial charge is 0.125 e. The summed E-state index contributed by atoms with van der Waals surface area (Å²) in [5.41, 5.74) is 0.976. The van der Waals surface area contributed by atoms with Crippen molar-refractivity contribution < 1.29 is 9.50 Å². The average molecular weight is 237 g/mol. The fourth-order valence-electron chi connectivity index (χ4n) is 2.45. The minimum atomic E-state index is -0.210. The van der Waals surface area contributed by atoms with Crippen LogP contribution in [-0.2, 0) is 0 Å². The van der Waals surface area contributed by atoms with Crippen LogP contribution in [0.25, 0.3) is 0 Å². The van der Waals surface area contributed by atoms with E-state index in [9.17, 15) is 9.50 Å². The number of hydrogen-bond donors (Lipinski definition) is 1. The number of aliphatic hydroxyl groups excluding tert-OH is 1. The minimum absolute atomic E-state index is 0.171. The zero-order valence-corrected chi connectivity index (χ0v) is 10.3. The zero-order valence-electron chi connectivity index (χ0n) is 10.3. The molecule has 1 aromatic rings. The number of anilines is 1. The molecule has 2 atom stereocenters. The van der Waals surface area contributed by atoms with Crippen molar-refractivity contribution in [1.29, 1.82) is 0 Å². The van der Waals surface area contributed by atoms with Gasteiger partial charge >= 0.3 is 0 Å². The molecule has 2 unspecified atom stereocenters. The molecule has 0 aromatic heterocycles.